The Kier molecular flexibility index (Phi) is 6.18. The van der Waals surface area contributed by atoms with Crippen LogP contribution in [-0.2, 0) is 16.1 Å². The van der Waals surface area contributed by atoms with Gasteiger partial charge in [-0.05, 0) is 48.7 Å². The average Bonchev–Trinajstić information content (AvgIpc) is 2.53. The largest absolute Gasteiger partial charge is 0.481 e. The molecule has 0 saturated carbocycles. The standard InChI is InChI=1S/C19H23NO3/c1-4-18(23-17-10-5-7-14(2)11-17)19(21)20-16-9-6-8-15(12-16)13-22-3/h5-12,18H,4,13H2,1-3H3,(H,20,21)/t18-/m0/s1. The Labute approximate surface area is 137 Å². The second kappa shape index (κ2) is 8.34. The van der Waals surface area contributed by atoms with Crippen LogP contribution in [-0.4, -0.2) is 19.1 Å². The van der Waals surface area contributed by atoms with Crippen molar-refractivity contribution >= 4 is 11.6 Å². The van der Waals surface area contributed by atoms with E-state index in [1.54, 1.807) is 7.11 Å². The third kappa shape index (κ3) is 5.11. The maximum atomic E-state index is 12.4. The van der Waals surface area contributed by atoms with Gasteiger partial charge in [-0.2, -0.15) is 0 Å². The van der Waals surface area contributed by atoms with Crippen LogP contribution in [0.2, 0.25) is 0 Å². The Morgan fingerprint density at radius 3 is 2.65 bits per heavy atom. The Balaban J connectivity index is 2.03. The fourth-order valence-electron chi connectivity index (χ4n) is 2.30. The van der Waals surface area contributed by atoms with Crippen molar-refractivity contribution in [1.29, 1.82) is 0 Å². The van der Waals surface area contributed by atoms with Crippen LogP contribution in [0.3, 0.4) is 0 Å². The molecule has 0 fully saturated rings. The summed E-state index contributed by atoms with van der Waals surface area (Å²) in [6.45, 7) is 4.44. The molecule has 2 aromatic carbocycles. The zero-order valence-electron chi connectivity index (χ0n) is 13.8. The molecule has 4 heteroatoms. The normalized spacial score (nSPS) is 11.8. The molecule has 0 aliphatic rings. The summed E-state index contributed by atoms with van der Waals surface area (Å²) in [5, 5.41) is 2.91. The van der Waals surface area contributed by atoms with Crippen molar-refractivity contribution in [3.8, 4) is 5.75 Å². The average molecular weight is 313 g/mol. The van der Waals surface area contributed by atoms with Crippen LogP contribution in [0.15, 0.2) is 48.5 Å². The molecule has 0 unspecified atom stereocenters. The summed E-state index contributed by atoms with van der Waals surface area (Å²) in [5.74, 6) is 0.559. The maximum Gasteiger partial charge on any atom is 0.265 e. The van der Waals surface area contributed by atoms with E-state index in [9.17, 15) is 4.79 Å². The van der Waals surface area contributed by atoms with E-state index < -0.39 is 6.10 Å². The van der Waals surface area contributed by atoms with E-state index in [0.29, 0.717) is 18.8 Å². The maximum absolute atomic E-state index is 12.4. The number of methoxy groups -OCH3 is 1. The summed E-state index contributed by atoms with van der Waals surface area (Å²) in [6, 6.07) is 15.3. The van der Waals surface area contributed by atoms with Gasteiger partial charge in [-0.3, -0.25) is 4.79 Å². The lowest BCUT2D eigenvalue weighted by Crippen LogP contribution is -2.32. The molecule has 122 valence electrons. The van der Waals surface area contributed by atoms with E-state index in [1.807, 2.05) is 62.4 Å². The molecule has 0 spiro atoms. The molecule has 0 bridgehead atoms. The van der Waals surface area contributed by atoms with E-state index in [-0.39, 0.29) is 5.91 Å². The molecule has 1 N–H and O–H groups in total. The predicted molar refractivity (Wildman–Crippen MR) is 91.7 cm³/mol. The van der Waals surface area contributed by atoms with Gasteiger partial charge in [0.05, 0.1) is 6.61 Å². The lowest BCUT2D eigenvalue weighted by molar-refractivity contribution is -0.122. The highest BCUT2D eigenvalue weighted by Crippen LogP contribution is 2.17. The SMILES string of the molecule is CC[C@H](Oc1cccc(C)c1)C(=O)Nc1cccc(COC)c1. The molecule has 0 radical (unpaired) electrons. The van der Waals surface area contributed by atoms with E-state index in [1.165, 1.54) is 0 Å². The third-order valence-electron chi connectivity index (χ3n) is 3.44. The van der Waals surface area contributed by atoms with Gasteiger partial charge in [0, 0.05) is 12.8 Å². The molecule has 2 aromatic rings. The van der Waals surface area contributed by atoms with Gasteiger partial charge in [0.1, 0.15) is 5.75 Å². The monoisotopic (exact) mass is 313 g/mol. The molecule has 4 nitrogen and oxygen atoms in total. The fourth-order valence-corrected chi connectivity index (χ4v) is 2.30. The van der Waals surface area contributed by atoms with Crippen molar-refractivity contribution in [3.63, 3.8) is 0 Å². The number of amides is 1. The van der Waals surface area contributed by atoms with Crippen molar-refractivity contribution in [2.45, 2.75) is 33.0 Å². The van der Waals surface area contributed by atoms with Gasteiger partial charge in [0.15, 0.2) is 6.10 Å². The van der Waals surface area contributed by atoms with E-state index >= 15 is 0 Å². The Morgan fingerprint density at radius 1 is 1.17 bits per heavy atom. The number of rotatable bonds is 7. The number of aryl methyl sites for hydroxylation is 1. The summed E-state index contributed by atoms with van der Waals surface area (Å²) < 4.78 is 10.9. The van der Waals surface area contributed by atoms with Crippen LogP contribution < -0.4 is 10.1 Å². The number of nitrogens with one attached hydrogen (secondary N) is 1. The van der Waals surface area contributed by atoms with Gasteiger partial charge in [-0.25, -0.2) is 0 Å². The molecule has 0 aromatic heterocycles. The second-order valence-electron chi connectivity index (χ2n) is 5.45. The highest BCUT2D eigenvalue weighted by Gasteiger charge is 2.18. The van der Waals surface area contributed by atoms with Gasteiger partial charge < -0.3 is 14.8 Å². The minimum absolute atomic E-state index is 0.149. The molecule has 0 heterocycles. The fraction of sp³-hybridized carbons (Fsp3) is 0.316. The number of benzene rings is 2. The summed E-state index contributed by atoms with van der Waals surface area (Å²) >= 11 is 0. The predicted octanol–water partition coefficient (Wildman–Crippen LogP) is 3.94. The number of anilines is 1. The van der Waals surface area contributed by atoms with E-state index in [4.69, 9.17) is 9.47 Å². The first kappa shape index (κ1) is 17.0. The molecule has 23 heavy (non-hydrogen) atoms. The first-order valence-corrected chi connectivity index (χ1v) is 7.74. The molecular weight excluding hydrogens is 290 g/mol. The van der Waals surface area contributed by atoms with Crippen LogP contribution >= 0.6 is 0 Å². The van der Waals surface area contributed by atoms with E-state index in [0.717, 1.165) is 16.8 Å². The Morgan fingerprint density at radius 2 is 1.96 bits per heavy atom. The quantitative estimate of drug-likeness (QED) is 0.842. The lowest BCUT2D eigenvalue weighted by atomic mass is 10.2. The van der Waals surface area contributed by atoms with Crippen LogP contribution in [0.25, 0.3) is 0 Å². The zero-order valence-corrected chi connectivity index (χ0v) is 13.8. The minimum Gasteiger partial charge on any atom is -0.481 e. The van der Waals surface area contributed by atoms with Crippen molar-refractivity contribution in [1.82, 2.24) is 0 Å². The van der Waals surface area contributed by atoms with Gasteiger partial charge in [-0.15, -0.1) is 0 Å². The minimum atomic E-state index is -0.525. The molecule has 0 aliphatic heterocycles. The molecule has 1 amide bonds. The summed E-state index contributed by atoms with van der Waals surface area (Å²) in [6.07, 6.45) is 0.0697. The van der Waals surface area contributed by atoms with Gasteiger partial charge >= 0.3 is 0 Å². The van der Waals surface area contributed by atoms with Gasteiger partial charge in [0.2, 0.25) is 0 Å². The third-order valence-corrected chi connectivity index (χ3v) is 3.44. The van der Waals surface area contributed by atoms with Crippen LogP contribution in [0.5, 0.6) is 5.75 Å². The summed E-state index contributed by atoms with van der Waals surface area (Å²) in [4.78, 5) is 12.4. The van der Waals surface area contributed by atoms with Crippen LogP contribution in [0.4, 0.5) is 5.69 Å². The molecule has 1 atom stereocenters. The molecular formula is C19H23NO3. The summed E-state index contributed by atoms with van der Waals surface area (Å²) in [7, 11) is 1.65. The Hall–Kier alpha value is -2.33. The van der Waals surface area contributed by atoms with Gasteiger partial charge in [-0.1, -0.05) is 31.2 Å². The number of ether oxygens (including phenoxy) is 2. The Bertz CT molecular complexity index is 655. The molecule has 2 rings (SSSR count). The summed E-state index contributed by atoms with van der Waals surface area (Å²) in [5.41, 5.74) is 2.86. The zero-order chi connectivity index (χ0) is 16.7. The van der Waals surface area contributed by atoms with Gasteiger partial charge in [0.25, 0.3) is 5.91 Å². The highest BCUT2D eigenvalue weighted by atomic mass is 16.5. The van der Waals surface area contributed by atoms with Crippen LogP contribution in [0.1, 0.15) is 24.5 Å². The number of hydrogen-bond acceptors (Lipinski definition) is 3. The van der Waals surface area contributed by atoms with Crippen molar-refractivity contribution in [2.24, 2.45) is 0 Å². The van der Waals surface area contributed by atoms with E-state index in [2.05, 4.69) is 5.32 Å². The number of carbonyl (C=O) groups excluding carboxylic acids is 1. The van der Waals surface area contributed by atoms with Crippen molar-refractivity contribution < 1.29 is 14.3 Å². The van der Waals surface area contributed by atoms with Crippen molar-refractivity contribution in [2.75, 3.05) is 12.4 Å². The first-order valence-electron chi connectivity index (χ1n) is 7.74. The topological polar surface area (TPSA) is 47.6 Å². The smallest absolute Gasteiger partial charge is 0.265 e. The highest BCUT2D eigenvalue weighted by molar-refractivity contribution is 5.94. The molecule has 0 aliphatic carbocycles. The number of carbonyl (C=O) groups is 1. The lowest BCUT2D eigenvalue weighted by Gasteiger charge is -2.18. The second-order valence-corrected chi connectivity index (χ2v) is 5.45. The number of hydrogen-bond donors (Lipinski definition) is 1. The molecule has 0 saturated heterocycles. The van der Waals surface area contributed by atoms with Crippen molar-refractivity contribution in [3.05, 3.63) is 59.7 Å². The van der Waals surface area contributed by atoms with Crippen LogP contribution in [0, 0.1) is 6.92 Å². The first-order chi connectivity index (χ1) is 11.1.